The van der Waals surface area contributed by atoms with Crippen molar-refractivity contribution in [3.8, 4) is 0 Å². The molecule has 1 aromatic carbocycles. The highest BCUT2D eigenvalue weighted by molar-refractivity contribution is 5.59. The van der Waals surface area contributed by atoms with Gasteiger partial charge in [0.2, 0.25) is 0 Å². The first-order chi connectivity index (χ1) is 12.4. The minimum atomic E-state index is 0.0499. The predicted molar refractivity (Wildman–Crippen MR) is 119 cm³/mol. The molecule has 1 fully saturated rings. The van der Waals surface area contributed by atoms with Gasteiger partial charge in [0.1, 0.15) is 0 Å². The lowest BCUT2D eigenvalue weighted by atomic mass is 9.78. The Morgan fingerprint density at radius 2 is 1.26 bits per heavy atom. The van der Waals surface area contributed by atoms with Gasteiger partial charge in [-0.25, -0.2) is 0 Å². The summed E-state index contributed by atoms with van der Waals surface area (Å²) in [6, 6.07) is 4.68. The summed E-state index contributed by atoms with van der Waals surface area (Å²) in [5.41, 5.74) is 11.8. The van der Waals surface area contributed by atoms with Crippen LogP contribution in [0.4, 0.5) is 5.69 Å². The Balaban J connectivity index is 2.35. The van der Waals surface area contributed by atoms with Gasteiger partial charge in [0, 0.05) is 51.5 Å². The Kier molecular flexibility index (Phi) is 6.99. The lowest BCUT2D eigenvalue weighted by Gasteiger charge is -2.30. The van der Waals surface area contributed by atoms with E-state index in [1.54, 1.807) is 0 Å². The van der Waals surface area contributed by atoms with E-state index in [1.807, 2.05) is 0 Å². The number of rotatable bonds is 2. The summed E-state index contributed by atoms with van der Waals surface area (Å²) < 4.78 is 0. The second kappa shape index (κ2) is 8.50. The highest BCUT2D eigenvalue weighted by Crippen LogP contribution is 2.35. The molecule has 0 atom stereocenters. The molecule has 0 bridgehead atoms. The van der Waals surface area contributed by atoms with Crippen molar-refractivity contribution in [1.29, 1.82) is 0 Å². The van der Waals surface area contributed by atoms with E-state index in [2.05, 4.69) is 82.5 Å². The average Bonchev–Trinajstić information content (AvgIpc) is 2.61. The molecule has 4 heteroatoms. The van der Waals surface area contributed by atoms with E-state index in [0.717, 1.165) is 51.5 Å². The Morgan fingerprint density at radius 1 is 0.778 bits per heavy atom. The lowest BCUT2D eigenvalue weighted by Crippen LogP contribution is -2.34. The molecular weight excluding hydrogens is 332 g/mol. The molecule has 0 amide bonds. The van der Waals surface area contributed by atoms with Crippen LogP contribution in [0.3, 0.4) is 0 Å². The molecule has 0 saturated carbocycles. The van der Waals surface area contributed by atoms with Crippen LogP contribution in [0.5, 0.6) is 0 Å². The minimum absolute atomic E-state index is 0.0499. The van der Waals surface area contributed by atoms with Crippen molar-refractivity contribution in [2.45, 2.75) is 58.9 Å². The second-order valence-electron chi connectivity index (χ2n) is 10.5. The number of likely N-dealkylation sites (N-methyl/N-ethyl adjacent to an activating group) is 2. The number of hydrogen-bond donors (Lipinski definition) is 1. The lowest BCUT2D eigenvalue weighted by molar-refractivity contribution is 0.228. The van der Waals surface area contributed by atoms with Gasteiger partial charge in [-0.1, -0.05) is 53.7 Å². The molecule has 0 aliphatic carbocycles. The van der Waals surface area contributed by atoms with Gasteiger partial charge in [0.05, 0.1) is 0 Å². The number of nitrogens with two attached hydrogens (primary N) is 1. The van der Waals surface area contributed by atoms with Crippen molar-refractivity contribution in [1.82, 2.24) is 14.7 Å². The van der Waals surface area contributed by atoms with Gasteiger partial charge in [-0.2, -0.15) is 0 Å². The van der Waals surface area contributed by atoms with Crippen LogP contribution in [0.15, 0.2) is 12.1 Å². The first kappa shape index (κ1) is 22.2. The average molecular weight is 375 g/mol. The summed E-state index contributed by atoms with van der Waals surface area (Å²) in [6.07, 6.45) is 0. The zero-order valence-electron chi connectivity index (χ0n) is 19.0. The molecule has 1 saturated heterocycles. The maximum Gasteiger partial charge on any atom is 0.0397 e. The minimum Gasteiger partial charge on any atom is -0.398 e. The van der Waals surface area contributed by atoms with Gasteiger partial charge in [0.15, 0.2) is 0 Å². The van der Waals surface area contributed by atoms with Crippen LogP contribution in [0.1, 0.15) is 58.2 Å². The third-order valence-electron chi connectivity index (χ3n) is 5.79. The van der Waals surface area contributed by atoms with Crippen molar-refractivity contribution < 1.29 is 0 Å². The summed E-state index contributed by atoms with van der Waals surface area (Å²) in [5, 5.41) is 0. The van der Waals surface area contributed by atoms with E-state index in [9.17, 15) is 0 Å². The summed E-state index contributed by atoms with van der Waals surface area (Å²) >= 11 is 0. The normalized spacial score (nSPS) is 19.6. The molecule has 2 N–H and O–H groups in total. The van der Waals surface area contributed by atoms with Crippen LogP contribution >= 0.6 is 0 Å². The van der Waals surface area contributed by atoms with E-state index in [1.165, 1.54) is 16.7 Å². The molecule has 0 aromatic heterocycles. The van der Waals surface area contributed by atoms with E-state index in [0.29, 0.717) is 0 Å². The third-order valence-corrected chi connectivity index (χ3v) is 5.79. The largest absolute Gasteiger partial charge is 0.398 e. The van der Waals surface area contributed by atoms with Crippen LogP contribution in [0, 0.1) is 0 Å². The molecule has 0 unspecified atom stereocenters. The Morgan fingerprint density at radius 3 is 1.70 bits per heavy atom. The fraction of sp³-hybridized carbons (Fsp3) is 0.739. The van der Waals surface area contributed by atoms with Crippen molar-refractivity contribution >= 4 is 5.69 Å². The first-order valence-electron chi connectivity index (χ1n) is 10.4. The van der Waals surface area contributed by atoms with Gasteiger partial charge < -0.3 is 15.5 Å². The molecule has 1 heterocycles. The molecule has 0 radical (unpaired) electrons. The number of anilines is 1. The fourth-order valence-electron chi connectivity index (χ4n) is 3.60. The summed E-state index contributed by atoms with van der Waals surface area (Å²) in [4.78, 5) is 7.44. The number of nitrogen functional groups attached to an aromatic ring is 1. The molecule has 1 aromatic rings. The third kappa shape index (κ3) is 6.20. The maximum atomic E-state index is 6.71. The molecule has 27 heavy (non-hydrogen) atoms. The predicted octanol–water partition coefficient (Wildman–Crippen LogP) is 3.54. The van der Waals surface area contributed by atoms with Crippen LogP contribution in [0.25, 0.3) is 0 Å². The smallest absolute Gasteiger partial charge is 0.0397 e. The Bertz CT molecular complexity index is 610. The van der Waals surface area contributed by atoms with Gasteiger partial charge >= 0.3 is 0 Å². The van der Waals surface area contributed by atoms with Crippen LogP contribution < -0.4 is 5.73 Å². The van der Waals surface area contributed by atoms with Crippen molar-refractivity contribution in [3.05, 3.63) is 28.8 Å². The molecular formula is C23H42N4. The summed E-state index contributed by atoms with van der Waals surface area (Å²) in [6.45, 7) is 21.3. The van der Waals surface area contributed by atoms with Crippen LogP contribution in [-0.4, -0.2) is 68.1 Å². The zero-order valence-corrected chi connectivity index (χ0v) is 19.0. The van der Waals surface area contributed by atoms with Crippen LogP contribution in [-0.2, 0) is 17.4 Å². The fourth-order valence-corrected chi connectivity index (χ4v) is 3.60. The van der Waals surface area contributed by atoms with Crippen molar-refractivity contribution in [2.75, 3.05) is 59.1 Å². The number of nitrogens with zero attached hydrogens (tertiary/aromatic N) is 3. The second-order valence-corrected chi connectivity index (χ2v) is 10.5. The van der Waals surface area contributed by atoms with E-state index < -0.39 is 0 Å². The van der Waals surface area contributed by atoms with E-state index in [4.69, 9.17) is 5.73 Å². The molecule has 1 aliphatic heterocycles. The van der Waals surface area contributed by atoms with E-state index >= 15 is 0 Å². The SMILES string of the molecule is CN1CCN(C)CCN(Cc2cc(C(C)(C)C)cc(C(C)(C)C)c2N)CC1. The van der Waals surface area contributed by atoms with Crippen molar-refractivity contribution in [3.63, 3.8) is 0 Å². The first-order valence-corrected chi connectivity index (χ1v) is 10.4. The molecule has 2 rings (SSSR count). The molecule has 0 spiro atoms. The topological polar surface area (TPSA) is 35.7 Å². The number of benzene rings is 1. The van der Waals surface area contributed by atoms with Gasteiger partial charge in [-0.15, -0.1) is 0 Å². The Labute approximate surface area is 167 Å². The standard InChI is InChI=1S/C23H42N4/c1-22(2,3)19-15-18(21(24)20(16-19)23(4,5)6)17-27-13-11-25(7)9-10-26(8)12-14-27/h15-16H,9-14,17,24H2,1-8H3. The van der Waals surface area contributed by atoms with Gasteiger partial charge in [-0.05, 0) is 41.6 Å². The molecule has 4 nitrogen and oxygen atoms in total. The van der Waals surface area contributed by atoms with Crippen LogP contribution in [0.2, 0.25) is 0 Å². The summed E-state index contributed by atoms with van der Waals surface area (Å²) in [5.74, 6) is 0. The van der Waals surface area contributed by atoms with Gasteiger partial charge in [0.25, 0.3) is 0 Å². The van der Waals surface area contributed by atoms with Crippen molar-refractivity contribution in [2.24, 2.45) is 0 Å². The van der Waals surface area contributed by atoms with E-state index in [-0.39, 0.29) is 10.8 Å². The highest BCUT2D eigenvalue weighted by atomic mass is 15.2. The summed E-state index contributed by atoms with van der Waals surface area (Å²) in [7, 11) is 4.45. The highest BCUT2D eigenvalue weighted by Gasteiger charge is 2.24. The monoisotopic (exact) mass is 374 g/mol. The zero-order chi connectivity index (χ0) is 20.4. The maximum absolute atomic E-state index is 6.71. The number of hydrogen-bond acceptors (Lipinski definition) is 4. The molecule has 1 aliphatic rings. The van der Waals surface area contributed by atoms with Gasteiger partial charge in [-0.3, -0.25) is 4.90 Å². The quantitative estimate of drug-likeness (QED) is 0.803. The Hall–Kier alpha value is -1.10. The molecule has 154 valence electrons.